The molecule has 2 unspecified atom stereocenters. The predicted molar refractivity (Wildman–Crippen MR) is 391 cm³/mol. The fourth-order valence-corrected chi connectivity index (χ4v) is 13.4. The predicted octanol–water partition coefficient (Wildman–Crippen LogP) is 22.7. The lowest BCUT2D eigenvalue weighted by Crippen LogP contribution is -2.30. The highest BCUT2D eigenvalue weighted by molar-refractivity contribution is 7.47. The number of phosphoric ester groups is 2. The standard InChI is InChI=1S/C77H150O17P2/c1-7-9-11-13-15-33-41-47-53-59-74(79)87-65-72(93-76(81)61-55-49-43-34-16-14-12-10-8-2)67-91-95(83,84)89-63-71(78)64-90-96(85,86)92-68-73(94-77(82)62-56-50-44-38-32-28-24-20-18-22-26-30-36-40-46-52-58-70(5)6)66-88-75(80)60-54-48-42-37-31-27-23-19-17-21-25-29-35-39-45-51-57-69(3)4/h69-73,78H,7-68H2,1-6H3,(H,83,84)(H,85,86)/t71-,72+,73+/m0/s1. The molecule has 570 valence electrons. The van der Waals surface area contributed by atoms with Crippen molar-refractivity contribution in [1.82, 2.24) is 0 Å². The minimum Gasteiger partial charge on any atom is -0.462 e. The van der Waals surface area contributed by atoms with E-state index in [-0.39, 0.29) is 25.7 Å². The summed E-state index contributed by atoms with van der Waals surface area (Å²) in [6, 6.07) is 0. The van der Waals surface area contributed by atoms with Crippen LogP contribution in [0, 0.1) is 11.8 Å². The number of hydrogen-bond acceptors (Lipinski definition) is 15. The second-order valence-electron chi connectivity index (χ2n) is 28.7. The molecular formula is C77H150O17P2. The number of rotatable bonds is 76. The van der Waals surface area contributed by atoms with Crippen LogP contribution in [0.5, 0.6) is 0 Å². The summed E-state index contributed by atoms with van der Waals surface area (Å²) in [5.41, 5.74) is 0. The molecule has 0 rings (SSSR count). The van der Waals surface area contributed by atoms with Gasteiger partial charge in [-0.25, -0.2) is 9.13 Å². The van der Waals surface area contributed by atoms with Crippen LogP contribution in [0.2, 0.25) is 0 Å². The Kier molecular flexibility index (Phi) is 67.4. The molecule has 0 aromatic rings. The molecule has 0 aromatic heterocycles. The minimum atomic E-state index is -4.96. The summed E-state index contributed by atoms with van der Waals surface area (Å²) in [5.74, 6) is -0.495. The maximum absolute atomic E-state index is 13.1. The summed E-state index contributed by atoms with van der Waals surface area (Å²) in [6.07, 6.45) is 57.0. The fraction of sp³-hybridized carbons (Fsp3) is 0.948. The van der Waals surface area contributed by atoms with E-state index in [1.54, 1.807) is 0 Å². The van der Waals surface area contributed by atoms with Crippen molar-refractivity contribution in [1.29, 1.82) is 0 Å². The molecule has 17 nitrogen and oxygen atoms in total. The molecule has 0 aliphatic carbocycles. The first-order valence-electron chi connectivity index (χ1n) is 40.0. The van der Waals surface area contributed by atoms with Crippen LogP contribution in [-0.4, -0.2) is 96.7 Å². The number of hydrogen-bond donors (Lipinski definition) is 3. The Morgan fingerprint density at radius 2 is 0.479 bits per heavy atom. The molecule has 0 heterocycles. The van der Waals surface area contributed by atoms with Crippen LogP contribution in [0.25, 0.3) is 0 Å². The van der Waals surface area contributed by atoms with Gasteiger partial charge in [-0.1, -0.05) is 350 Å². The Bertz CT molecular complexity index is 1860. The smallest absolute Gasteiger partial charge is 0.462 e. The monoisotopic (exact) mass is 1410 g/mol. The number of unbranched alkanes of at least 4 members (excludes halogenated alkanes) is 46. The lowest BCUT2D eigenvalue weighted by atomic mass is 10.0. The highest BCUT2D eigenvalue weighted by atomic mass is 31.2. The first-order chi connectivity index (χ1) is 46.4. The zero-order valence-electron chi connectivity index (χ0n) is 62.7. The summed E-state index contributed by atoms with van der Waals surface area (Å²) in [4.78, 5) is 72.7. The molecule has 0 saturated heterocycles. The van der Waals surface area contributed by atoms with Crippen molar-refractivity contribution in [2.45, 2.75) is 419 Å². The van der Waals surface area contributed by atoms with Gasteiger partial charge in [0.25, 0.3) is 0 Å². The third-order valence-corrected chi connectivity index (χ3v) is 19.9. The van der Waals surface area contributed by atoms with Gasteiger partial charge in [0.1, 0.15) is 19.3 Å². The van der Waals surface area contributed by atoms with Crippen LogP contribution in [0.4, 0.5) is 0 Å². The van der Waals surface area contributed by atoms with Crippen molar-refractivity contribution in [3.8, 4) is 0 Å². The van der Waals surface area contributed by atoms with Gasteiger partial charge in [0.15, 0.2) is 12.2 Å². The van der Waals surface area contributed by atoms with Gasteiger partial charge in [-0.05, 0) is 37.5 Å². The van der Waals surface area contributed by atoms with E-state index in [1.165, 1.54) is 218 Å². The third kappa shape index (κ3) is 70.5. The minimum absolute atomic E-state index is 0.106. The first-order valence-corrected chi connectivity index (χ1v) is 43.0. The van der Waals surface area contributed by atoms with E-state index in [1.807, 2.05) is 0 Å². The summed E-state index contributed by atoms with van der Waals surface area (Å²) >= 11 is 0. The Morgan fingerprint density at radius 1 is 0.281 bits per heavy atom. The Labute approximate surface area is 588 Å². The summed E-state index contributed by atoms with van der Waals surface area (Å²) in [6.45, 7) is 9.63. The van der Waals surface area contributed by atoms with Crippen molar-refractivity contribution in [2.24, 2.45) is 11.8 Å². The number of ether oxygens (including phenoxy) is 4. The highest BCUT2D eigenvalue weighted by Gasteiger charge is 2.30. The lowest BCUT2D eigenvalue weighted by molar-refractivity contribution is -0.161. The molecule has 5 atom stereocenters. The number of carbonyl (C=O) groups excluding carboxylic acids is 4. The first kappa shape index (κ1) is 94.1. The number of carbonyl (C=O) groups is 4. The molecule has 3 N–H and O–H groups in total. The van der Waals surface area contributed by atoms with Crippen molar-refractivity contribution in [3.63, 3.8) is 0 Å². The van der Waals surface area contributed by atoms with Gasteiger partial charge in [0.05, 0.1) is 26.4 Å². The molecule has 0 spiro atoms. The SMILES string of the molecule is CCCCCCCCCCCC(=O)OC[C@H](COP(=O)(O)OC[C@H](O)COP(=O)(O)OC[C@@H](COC(=O)CCCCCCCCCCCCCCCCCCC(C)C)OC(=O)CCCCCCCCCCCCCCCCCCC(C)C)OC(=O)CCCCCCCCCCC. The molecule has 0 radical (unpaired) electrons. The van der Waals surface area contributed by atoms with Crippen LogP contribution in [0.3, 0.4) is 0 Å². The van der Waals surface area contributed by atoms with E-state index in [4.69, 9.17) is 37.0 Å². The normalized spacial score (nSPS) is 14.0. The average molecular weight is 1410 g/mol. The molecule has 0 aromatic carbocycles. The molecule has 0 aliphatic heterocycles. The van der Waals surface area contributed by atoms with Gasteiger partial charge in [0, 0.05) is 25.7 Å². The van der Waals surface area contributed by atoms with Crippen molar-refractivity contribution in [3.05, 3.63) is 0 Å². The maximum Gasteiger partial charge on any atom is 0.472 e. The molecule has 0 saturated carbocycles. The summed E-state index contributed by atoms with van der Waals surface area (Å²) < 4.78 is 68.4. The van der Waals surface area contributed by atoms with Crippen LogP contribution in [0.1, 0.15) is 401 Å². The maximum atomic E-state index is 13.1. The van der Waals surface area contributed by atoms with Gasteiger partial charge >= 0.3 is 39.5 Å². The molecule has 0 bridgehead atoms. The largest absolute Gasteiger partial charge is 0.472 e. The number of esters is 4. The molecule has 0 fully saturated rings. The second kappa shape index (κ2) is 68.8. The molecule has 96 heavy (non-hydrogen) atoms. The van der Waals surface area contributed by atoms with Gasteiger partial charge in [-0.3, -0.25) is 37.3 Å². The van der Waals surface area contributed by atoms with E-state index >= 15 is 0 Å². The van der Waals surface area contributed by atoms with Gasteiger partial charge in [0.2, 0.25) is 0 Å². The number of phosphoric acid groups is 2. The Balaban J connectivity index is 5.17. The molecular weight excluding hydrogens is 1260 g/mol. The highest BCUT2D eigenvalue weighted by Crippen LogP contribution is 2.45. The van der Waals surface area contributed by atoms with Crippen LogP contribution in [0.15, 0.2) is 0 Å². The van der Waals surface area contributed by atoms with E-state index in [2.05, 4.69) is 41.5 Å². The third-order valence-electron chi connectivity index (χ3n) is 18.0. The van der Waals surface area contributed by atoms with Crippen LogP contribution in [-0.2, 0) is 65.4 Å². The fourth-order valence-electron chi connectivity index (χ4n) is 11.8. The average Bonchev–Trinajstić information content (AvgIpc) is 1.67. The van der Waals surface area contributed by atoms with E-state index < -0.39 is 97.5 Å². The van der Waals surface area contributed by atoms with Gasteiger partial charge in [-0.15, -0.1) is 0 Å². The topological polar surface area (TPSA) is 237 Å². The molecule has 0 aliphatic rings. The number of aliphatic hydroxyl groups excluding tert-OH is 1. The zero-order valence-corrected chi connectivity index (χ0v) is 64.5. The van der Waals surface area contributed by atoms with Crippen molar-refractivity contribution >= 4 is 39.5 Å². The van der Waals surface area contributed by atoms with Gasteiger partial charge in [-0.2, -0.15) is 0 Å². The lowest BCUT2D eigenvalue weighted by Gasteiger charge is -2.21. The van der Waals surface area contributed by atoms with Gasteiger partial charge < -0.3 is 33.8 Å². The van der Waals surface area contributed by atoms with E-state index in [0.29, 0.717) is 25.7 Å². The molecule has 19 heteroatoms. The Hall–Kier alpha value is -1.94. The zero-order chi connectivity index (χ0) is 70.7. The van der Waals surface area contributed by atoms with E-state index in [9.17, 15) is 43.2 Å². The quantitative estimate of drug-likeness (QED) is 0.0222. The van der Waals surface area contributed by atoms with Crippen LogP contribution >= 0.6 is 15.6 Å². The van der Waals surface area contributed by atoms with E-state index in [0.717, 1.165) is 102 Å². The summed E-state index contributed by atoms with van der Waals surface area (Å²) in [5, 5.41) is 10.6. The van der Waals surface area contributed by atoms with Crippen molar-refractivity contribution < 1.29 is 80.2 Å². The second-order valence-corrected chi connectivity index (χ2v) is 31.6. The Morgan fingerprint density at radius 3 is 0.708 bits per heavy atom. The summed E-state index contributed by atoms with van der Waals surface area (Å²) in [7, 11) is -9.90. The molecule has 0 amide bonds. The number of aliphatic hydroxyl groups is 1. The van der Waals surface area contributed by atoms with Crippen LogP contribution < -0.4 is 0 Å². The van der Waals surface area contributed by atoms with Crippen molar-refractivity contribution in [2.75, 3.05) is 39.6 Å².